The quantitative estimate of drug-likeness (QED) is 0.574. The highest BCUT2D eigenvalue weighted by atomic mass is 32.2. The molecule has 0 saturated carbocycles. The summed E-state index contributed by atoms with van der Waals surface area (Å²) >= 11 is 1.57. The summed E-state index contributed by atoms with van der Waals surface area (Å²) in [5, 5.41) is 7.94. The van der Waals surface area contributed by atoms with Crippen molar-refractivity contribution in [2.45, 2.75) is 25.4 Å². The predicted octanol–water partition coefficient (Wildman–Crippen LogP) is 1.46. The molecule has 2 atom stereocenters. The van der Waals surface area contributed by atoms with E-state index in [0.717, 1.165) is 5.56 Å². The minimum atomic E-state index is -0.722. The molecule has 0 spiro atoms. The fraction of sp³-hybridized carbons (Fsp3) is 0.471. The Bertz CT molecular complexity index is 568. The average Bonchev–Trinajstić information content (AvgIpc) is 2.63. The topological polar surface area (TPSA) is 96.5 Å². The second-order valence-corrected chi connectivity index (χ2v) is 6.36. The van der Waals surface area contributed by atoms with Gasteiger partial charge >= 0.3 is 12.0 Å². The van der Waals surface area contributed by atoms with Crippen molar-refractivity contribution in [3.05, 3.63) is 35.9 Å². The lowest BCUT2D eigenvalue weighted by molar-refractivity contribution is -0.141. The summed E-state index contributed by atoms with van der Waals surface area (Å²) in [7, 11) is 1.25. The first-order valence-electron chi connectivity index (χ1n) is 7.93. The molecule has 1 aromatic carbocycles. The number of hydrogen-bond acceptors (Lipinski definition) is 5. The number of methoxy groups -OCH3 is 1. The van der Waals surface area contributed by atoms with Gasteiger partial charge in [0.1, 0.15) is 12.6 Å². The predicted molar refractivity (Wildman–Crippen MR) is 98.3 cm³/mol. The van der Waals surface area contributed by atoms with Crippen LogP contribution in [0.1, 0.15) is 24.9 Å². The summed E-state index contributed by atoms with van der Waals surface area (Å²) in [6.07, 6.45) is 2.38. The van der Waals surface area contributed by atoms with Crippen LogP contribution in [0, 0.1) is 0 Å². The van der Waals surface area contributed by atoms with Gasteiger partial charge in [-0.25, -0.2) is 4.79 Å². The van der Waals surface area contributed by atoms with Crippen molar-refractivity contribution >= 4 is 29.7 Å². The molecular formula is C17H25N3O4S. The number of benzene rings is 1. The van der Waals surface area contributed by atoms with Gasteiger partial charge in [0.05, 0.1) is 13.2 Å². The number of carbonyl (C=O) groups excluding carboxylic acids is 3. The number of carbonyl (C=O) groups is 3. The maximum Gasteiger partial charge on any atom is 0.325 e. The molecule has 0 radical (unpaired) electrons. The molecule has 0 aromatic heterocycles. The molecule has 0 fully saturated rings. The van der Waals surface area contributed by atoms with Crippen LogP contribution in [-0.4, -0.2) is 49.6 Å². The normalized spacial score (nSPS) is 12.6. The van der Waals surface area contributed by atoms with E-state index in [1.54, 1.807) is 11.8 Å². The molecular weight excluding hydrogens is 342 g/mol. The van der Waals surface area contributed by atoms with E-state index in [-0.39, 0.29) is 12.6 Å². The highest BCUT2D eigenvalue weighted by Gasteiger charge is 2.21. The van der Waals surface area contributed by atoms with Crippen LogP contribution in [0.3, 0.4) is 0 Å². The molecule has 7 nitrogen and oxygen atoms in total. The van der Waals surface area contributed by atoms with Crippen molar-refractivity contribution in [2.24, 2.45) is 0 Å². The Morgan fingerprint density at radius 2 is 1.84 bits per heavy atom. The van der Waals surface area contributed by atoms with Crippen LogP contribution >= 0.6 is 11.8 Å². The van der Waals surface area contributed by atoms with Crippen molar-refractivity contribution < 1.29 is 19.1 Å². The highest BCUT2D eigenvalue weighted by Crippen LogP contribution is 2.11. The first-order valence-corrected chi connectivity index (χ1v) is 9.32. The van der Waals surface area contributed by atoms with E-state index in [1.807, 2.05) is 43.5 Å². The van der Waals surface area contributed by atoms with Crippen molar-refractivity contribution in [1.29, 1.82) is 0 Å². The van der Waals surface area contributed by atoms with Crippen molar-refractivity contribution in [2.75, 3.05) is 25.7 Å². The summed E-state index contributed by atoms with van der Waals surface area (Å²) < 4.78 is 4.49. The molecule has 138 valence electrons. The molecule has 0 saturated heterocycles. The SMILES string of the molecule is COC(=O)CNC(=O)[C@H](CCSC)NC(=O)N[C@H](C)c1ccccc1. The van der Waals surface area contributed by atoms with E-state index in [0.29, 0.717) is 12.2 Å². The van der Waals surface area contributed by atoms with Gasteiger partial charge in [-0.1, -0.05) is 30.3 Å². The lowest BCUT2D eigenvalue weighted by Gasteiger charge is -2.20. The van der Waals surface area contributed by atoms with Gasteiger partial charge in [-0.05, 0) is 30.9 Å². The standard InChI is InChI=1S/C17H25N3O4S/c1-12(13-7-5-4-6-8-13)19-17(23)20-14(9-10-25-3)16(22)18-11-15(21)24-2/h4-8,12,14H,9-11H2,1-3H3,(H,18,22)(H2,19,20,23)/t12-,14+/m1/s1. The van der Waals surface area contributed by atoms with E-state index in [4.69, 9.17) is 0 Å². The van der Waals surface area contributed by atoms with Crippen LogP contribution in [0.2, 0.25) is 0 Å². The minimum Gasteiger partial charge on any atom is -0.468 e. The molecule has 0 aliphatic heterocycles. The molecule has 3 amide bonds. The Labute approximate surface area is 152 Å². The Kier molecular flexibility index (Phi) is 9.46. The minimum absolute atomic E-state index is 0.194. The monoisotopic (exact) mass is 367 g/mol. The third-order valence-electron chi connectivity index (χ3n) is 3.51. The van der Waals surface area contributed by atoms with Crippen LogP contribution in [0.4, 0.5) is 4.79 Å². The van der Waals surface area contributed by atoms with Gasteiger partial charge in [-0.15, -0.1) is 0 Å². The number of ether oxygens (including phenoxy) is 1. The van der Waals surface area contributed by atoms with Crippen LogP contribution in [0.25, 0.3) is 0 Å². The summed E-state index contributed by atoms with van der Waals surface area (Å²) in [6.45, 7) is 1.64. The highest BCUT2D eigenvalue weighted by molar-refractivity contribution is 7.98. The molecule has 0 bridgehead atoms. The zero-order chi connectivity index (χ0) is 18.7. The van der Waals surface area contributed by atoms with Gasteiger partial charge in [0.25, 0.3) is 0 Å². The molecule has 3 N–H and O–H groups in total. The summed E-state index contributed by atoms with van der Waals surface area (Å²) in [4.78, 5) is 35.5. The van der Waals surface area contributed by atoms with Crippen molar-refractivity contribution in [3.63, 3.8) is 0 Å². The lowest BCUT2D eigenvalue weighted by atomic mass is 10.1. The average molecular weight is 367 g/mol. The zero-order valence-electron chi connectivity index (χ0n) is 14.7. The van der Waals surface area contributed by atoms with Crippen LogP contribution in [0.5, 0.6) is 0 Å². The summed E-state index contributed by atoms with van der Waals surface area (Å²) in [6, 6.07) is 8.18. The molecule has 0 aliphatic carbocycles. The third-order valence-corrected chi connectivity index (χ3v) is 4.16. The Balaban J connectivity index is 2.59. The third kappa shape index (κ3) is 7.93. The summed E-state index contributed by atoms with van der Waals surface area (Å²) in [5.41, 5.74) is 0.966. The van der Waals surface area contributed by atoms with E-state index < -0.39 is 23.9 Å². The van der Waals surface area contributed by atoms with Crippen molar-refractivity contribution in [1.82, 2.24) is 16.0 Å². The van der Waals surface area contributed by atoms with Crippen molar-refractivity contribution in [3.8, 4) is 0 Å². The number of esters is 1. The first kappa shape index (κ1) is 20.8. The molecule has 25 heavy (non-hydrogen) atoms. The molecule has 8 heteroatoms. The molecule has 1 aromatic rings. The van der Waals surface area contributed by atoms with Crippen LogP contribution < -0.4 is 16.0 Å². The Hall–Kier alpha value is -2.22. The Morgan fingerprint density at radius 1 is 1.16 bits per heavy atom. The Morgan fingerprint density at radius 3 is 2.44 bits per heavy atom. The smallest absolute Gasteiger partial charge is 0.325 e. The van der Waals surface area contributed by atoms with Gasteiger partial charge in [0, 0.05) is 0 Å². The van der Waals surface area contributed by atoms with Gasteiger partial charge in [0.15, 0.2) is 0 Å². The molecule has 0 unspecified atom stereocenters. The molecule has 1 rings (SSSR count). The first-order chi connectivity index (χ1) is 12.0. The van der Waals surface area contributed by atoms with E-state index >= 15 is 0 Å². The fourth-order valence-corrected chi connectivity index (χ4v) is 2.55. The van der Waals surface area contributed by atoms with E-state index in [1.165, 1.54) is 7.11 Å². The second kappa shape index (κ2) is 11.4. The maximum atomic E-state index is 12.2. The van der Waals surface area contributed by atoms with Gasteiger partial charge in [-0.3, -0.25) is 9.59 Å². The zero-order valence-corrected chi connectivity index (χ0v) is 15.5. The van der Waals surface area contributed by atoms with Crippen LogP contribution in [0.15, 0.2) is 30.3 Å². The van der Waals surface area contributed by atoms with Gasteiger partial charge < -0.3 is 20.7 Å². The molecule has 0 heterocycles. The van der Waals surface area contributed by atoms with E-state index in [9.17, 15) is 14.4 Å². The number of amides is 3. The van der Waals surface area contributed by atoms with E-state index in [2.05, 4.69) is 20.7 Å². The largest absolute Gasteiger partial charge is 0.468 e. The maximum absolute atomic E-state index is 12.2. The number of thioether (sulfide) groups is 1. The number of urea groups is 1. The van der Waals surface area contributed by atoms with Gasteiger partial charge in [-0.2, -0.15) is 11.8 Å². The van der Waals surface area contributed by atoms with Gasteiger partial charge in [0.2, 0.25) is 5.91 Å². The lowest BCUT2D eigenvalue weighted by Crippen LogP contribution is -2.51. The number of hydrogen-bond donors (Lipinski definition) is 3. The fourth-order valence-electron chi connectivity index (χ4n) is 2.08. The summed E-state index contributed by atoms with van der Waals surface area (Å²) in [5.74, 6) is -0.258. The second-order valence-electron chi connectivity index (χ2n) is 5.38. The van der Waals surface area contributed by atoms with Crippen LogP contribution in [-0.2, 0) is 14.3 Å². The number of nitrogens with one attached hydrogen (secondary N) is 3. The number of rotatable bonds is 9. The molecule has 0 aliphatic rings.